The zero-order valence-corrected chi connectivity index (χ0v) is 12.5. The lowest BCUT2D eigenvalue weighted by atomic mass is 10.0. The summed E-state index contributed by atoms with van der Waals surface area (Å²) in [4.78, 5) is 9.83. The van der Waals surface area contributed by atoms with Gasteiger partial charge in [0.2, 0.25) is 0 Å². The van der Waals surface area contributed by atoms with Crippen LogP contribution in [0.3, 0.4) is 0 Å². The first-order chi connectivity index (χ1) is 9.92. The Hall–Kier alpha value is -0.930. The minimum atomic E-state index is 0.783. The van der Waals surface area contributed by atoms with E-state index in [1.165, 1.54) is 70.4 Å². The SMILES string of the molecule is c1ccc(CN2CCC[C@@H](N3CCCCCC3)C2)nc1. The highest BCUT2D eigenvalue weighted by molar-refractivity contribution is 5.03. The molecule has 0 spiro atoms. The molecule has 3 heterocycles. The number of aromatic nitrogens is 1. The van der Waals surface area contributed by atoms with Crippen LogP contribution in [0.25, 0.3) is 0 Å². The Morgan fingerprint density at radius 1 is 1.00 bits per heavy atom. The van der Waals surface area contributed by atoms with Gasteiger partial charge in [-0.15, -0.1) is 0 Å². The number of likely N-dealkylation sites (tertiary alicyclic amines) is 2. The molecule has 20 heavy (non-hydrogen) atoms. The van der Waals surface area contributed by atoms with E-state index in [1.54, 1.807) is 0 Å². The van der Waals surface area contributed by atoms with Crippen LogP contribution in [0.15, 0.2) is 24.4 Å². The van der Waals surface area contributed by atoms with Crippen molar-refractivity contribution in [2.45, 2.75) is 51.1 Å². The Morgan fingerprint density at radius 2 is 1.85 bits per heavy atom. The molecule has 1 aromatic heterocycles. The van der Waals surface area contributed by atoms with Crippen molar-refractivity contribution in [1.29, 1.82) is 0 Å². The first-order valence-corrected chi connectivity index (χ1v) is 8.28. The van der Waals surface area contributed by atoms with Gasteiger partial charge in [-0.1, -0.05) is 18.9 Å². The van der Waals surface area contributed by atoms with Crippen LogP contribution in [0.2, 0.25) is 0 Å². The lowest BCUT2D eigenvalue weighted by Gasteiger charge is -2.39. The first kappa shape index (κ1) is 14.0. The Bertz CT molecular complexity index is 384. The van der Waals surface area contributed by atoms with Crippen LogP contribution in [0.4, 0.5) is 0 Å². The Balaban J connectivity index is 1.55. The highest BCUT2D eigenvalue weighted by atomic mass is 15.2. The molecule has 0 N–H and O–H groups in total. The molecule has 0 amide bonds. The van der Waals surface area contributed by atoms with Gasteiger partial charge in [0.25, 0.3) is 0 Å². The average Bonchev–Trinajstić information content (AvgIpc) is 2.78. The van der Waals surface area contributed by atoms with E-state index in [1.807, 2.05) is 12.3 Å². The minimum Gasteiger partial charge on any atom is -0.299 e. The lowest BCUT2D eigenvalue weighted by molar-refractivity contribution is 0.0949. The second-order valence-electron chi connectivity index (χ2n) is 6.30. The fourth-order valence-electron chi connectivity index (χ4n) is 3.65. The van der Waals surface area contributed by atoms with Gasteiger partial charge >= 0.3 is 0 Å². The van der Waals surface area contributed by atoms with Crippen molar-refractivity contribution >= 4 is 0 Å². The smallest absolute Gasteiger partial charge is 0.0543 e. The van der Waals surface area contributed by atoms with Gasteiger partial charge in [0.1, 0.15) is 0 Å². The molecular weight excluding hydrogens is 246 g/mol. The first-order valence-electron chi connectivity index (χ1n) is 8.28. The van der Waals surface area contributed by atoms with E-state index < -0.39 is 0 Å². The van der Waals surface area contributed by atoms with Crippen LogP contribution in [0.1, 0.15) is 44.2 Å². The molecule has 3 nitrogen and oxygen atoms in total. The average molecular weight is 273 g/mol. The van der Waals surface area contributed by atoms with Gasteiger partial charge in [-0.3, -0.25) is 14.8 Å². The van der Waals surface area contributed by atoms with Crippen molar-refractivity contribution in [3.63, 3.8) is 0 Å². The molecule has 1 aromatic rings. The molecule has 3 heteroatoms. The summed E-state index contributed by atoms with van der Waals surface area (Å²) in [6.45, 7) is 6.13. The summed E-state index contributed by atoms with van der Waals surface area (Å²) >= 11 is 0. The standard InChI is InChI=1S/C17H27N3/c1-2-6-13-20(12-5-1)17-9-7-11-19(15-17)14-16-8-3-4-10-18-16/h3-4,8,10,17H,1-2,5-7,9,11-15H2/t17-/m1/s1. The highest BCUT2D eigenvalue weighted by Crippen LogP contribution is 2.20. The van der Waals surface area contributed by atoms with Gasteiger partial charge in [-0.2, -0.15) is 0 Å². The van der Waals surface area contributed by atoms with Crippen molar-refractivity contribution in [2.24, 2.45) is 0 Å². The van der Waals surface area contributed by atoms with Crippen LogP contribution in [0, 0.1) is 0 Å². The normalized spacial score (nSPS) is 26.3. The molecule has 0 bridgehead atoms. The number of pyridine rings is 1. The topological polar surface area (TPSA) is 19.4 Å². The molecule has 2 aliphatic rings. The molecule has 3 rings (SSSR count). The lowest BCUT2D eigenvalue weighted by Crippen LogP contribution is -2.48. The van der Waals surface area contributed by atoms with Crippen LogP contribution < -0.4 is 0 Å². The number of piperidine rings is 1. The maximum Gasteiger partial charge on any atom is 0.0543 e. The maximum atomic E-state index is 4.47. The van der Waals surface area contributed by atoms with Crippen LogP contribution in [-0.4, -0.2) is 47.0 Å². The summed E-state index contributed by atoms with van der Waals surface area (Å²) in [6, 6.07) is 7.03. The third kappa shape index (κ3) is 3.80. The van der Waals surface area contributed by atoms with E-state index in [9.17, 15) is 0 Å². The molecule has 2 aliphatic heterocycles. The summed E-state index contributed by atoms with van der Waals surface area (Å²) in [7, 11) is 0. The monoisotopic (exact) mass is 273 g/mol. The van der Waals surface area contributed by atoms with Crippen LogP contribution in [0.5, 0.6) is 0 Å². The van der Waals surface area contributed by atoms with Gasteiger partial charge in [0.05, 0.1) is 5.69 Å². The van der Waals surface area contributed by atoms with Gasteiger partial charge < -0.3 is 0 Å². The Labute approximate surface area is 123 Å². The van der Waals surface area contributed by atoms with E-state index in [0.717, 1.165) is 12.6 Å². The molecule has 1 atom stereocenters. The summed E-state index contributed by atoms with van der Waals surface area (Å²) < 4.78 is 0. The number of hydrogen-bond donors (Lipinski definition) is 0. The van der Waals surface area contributed by atoms with Crippen molar-refractivity contribution < 1.29 is 0 Å². The van der Waals surface area contributed by atoms with E-state index in [2.05, 4.69) is 26.9 Å². The van der Waals surface area contributed by atoms with Crippen molar-refractivity contribution in [2.75, 3.05) is 26.2 Å². The summed E-state index contributed by atoms with van der Waals surface area (Å²) in [5.41, 5.74) is 1.21. The molecule has 0 saturated carbocycles. The molecule has 0 unspecified atom stereocenters. The zero-order valence-electron chi connectivity index (χ0n) is 12.5. The predicted molar refractivity (Wildman–Crippen MR) is 82.6 cm³/mol. The Kier molecular flexibility index (Phi) is 5.04. The molecule has 0 radical (unpaired) electrons. The number of rotatable bonds is 3. The van der Waals surface area contributed by atoms with E-state index in [4.69, 9.17) is 0 Å². The fourth-order valence-corrected chi connectivity index (χ4v) is 3.65. The predicted octanol–water partition coefficient (Wildman–Crippen LogP) is 2.92. The van der Waals surface area contributed by atoms with E-state index in [0.29, 0.717) is 0 Å². The molecule has 2 fully saturated rings. The second kappa shape index (κ2) is 7.19. The fraction of sp³-hybridized carbons (Fsp3) is 0.706. The summed E-state index contributed by atoms with van der Waals surface area (Å²) in [5.74, 6) is 0. The second-order valence-corrected chi connectivity index (χ2v) is 6.30. The molecular formula is C17H27N3. The van der Waals surface area contributed by atoms with Crippen LogP contribution >= 0.6 is 0 Å². The number of nitrogens with zero attached hydrogens (tertiary/aromatic N) is 3. The molecule has 110 valence electrons. The third-order valence-electron chi connectivity index (χ3n) is 4.75. The number of hydrogen-bond acceptors (Lipinski definition) is 3. The molecule has 0 aromatic carbocycles. The molecule has 2 saturated heterocycles. The van der Waals surface area contributed by atoms with Gasteiger partial charge in [0, 0.05) is 25.3 Å². The van der Waals surface area contributed by atoms with Gasteiger partial charge in [0.15, 0.2) is 0 Å². The van der Waals surface area contributed by atoms with Crippen molar-refractivity contribution in [3.05, 3.63) is 30.1 Å². The maximum absolute atomic E-state index is 4.47. The molecule has 0 aliphatic carbocycles. The van der Waals surface area contributed by atoms with Gasteiger partial charge in [-0.25, -0.2) is 0 Å². The Morgan fingerprint density at radius 3 is 2.60 bits per heavy atom. The largest absolute Gasteiger partial charge is 0.299 e. The van der Waals surface area contributed by atoms with Crippen molar-refractivity contribution in [3.8, 4) is 0 Å². The van der Waals surface area contributed by atoms with E-state index >= 15 is 0 Å². The highest BCUT2D eigenvalue weighted by Gasteiger charge is 2.25. The van der Waals surface area contributed by atoms with Gasteiger partial charge in [-0.05, 0) is 57.5 Å². The summed E-state index contributed by atoms with van der Waals surface area (Å²) in [6.07, 6.45) is 10.3. The quantitative estimate of drug-likeness (QED) is 0.844. The van der Waals surface area contributed by atoms with Crippen LogP contribution in [-0.2, 0) is 6.54 Å². The summed E-state index contributed by atoms with van der Waals surface area (Å²) in [5, 5.41) is 0. The van der Waals surface area contributed by atoms with E-state index in [-0.39, 0.29) is 0 Å². The zero-order chi connectivity index (χ0) is 13.6. The van der Waals surface area contributed by atoms with Crippen molar-refractivity contribution in [1.82, 2.24) is 14.8 Å². The third-order valence-corrected chi connectivity index (χ3v) is 4.75. The minimum absolute atomic E-state index is 0.783.